The number of para-hydroxylation sites is 1. The number of oxazole rings is 1. The Hall–Kier alpha value is -2.27. The molecule has 0 spiro atoms. The van der Waals surface area contributed by atoms with Crippen molar-refractivity contribution in [2.24, 2.45) is 0 Å². The van der Waals surface area contributed by atoms with E-state index in [9.17, 15) is 4.39 Å². The molecule has 0 fully saturated rings. The predicted molar refractivity (Wildman–Crippen MR) is 73.1 cm³/mol. The fraction of sp³-hybridized carbons (Fsp3) is 0. The van der Waals surface area contributed by atoms with Gasteiger partial charge in [0.1, 0.15) is 11.3 Å². The van der Waals surface area contributed by atoms with Crippen molar-refractivity contribution in [1.82, 2.24) is 4.98 Å². The van der Waals surface area contributed by atoms with Gasteiger partial charge in [0.05, 0.1) is 10.7 Å². The number of benzene rings is 2. The molecule has 0 saturated heterocycles. The van der Waals surface area contributed by atoms with Crippen LogP contribution in [0.15, 0.2) is 40.8 Å². The topological polar surface area (TPSA) is 64.1 Å². The van der Waals surface area contributed by atoms with E-state index in [1.807, 2.05) is 0 Å². The second-order valence-electron chi connectivity index (χ2n) is 3.97. The summed E-state index contributed by atoms with van der Waals surface area (Å²) in [6.45, 7) is 0. The lowest BCUT2D eigenvalue weighted by atomic mass is 10.3. The first-order chi connectivity index (χ1) is 9.13. The number of nitrogens with two attached hydrogens (primary N) is 1. The molecule has 0 aliphatic rings. The zero-order valence-corrected chi connectivity index (χ0v) is 10.4. The summed E-state index contributed by atoms with van der Waals surface area (Å²) < 4.78 is 18.8. The zero-order chi connectivity index (χ0) is 13.4. The van der Waals surface area contributed by atoms with Crippen LogP contribution in [0.1, 0.15) is 0 Å². The van der Waals surface area contributed by atoms with Crippen LogP contribution in [0.25, 0.3) is 11.1 Å². The van der Waals surface area contributed by atoms with Gasteiger partial charge in [0, 0.05) is 5.69 Å². The number of rotatable bonds is 2. The van der Waals surface area contributed by atoms with E-state index >= 15 is 0 Å². The number of hydrogen-bond donors (Lipinski definition) is 2. The van der Waals surface area contributed by atoms with Gasteiger partial charge >= 0.3 is 0 Å². The number of aromatic nitrogens is 1. The molecule has 0 bridgehead atoms. The summed E-state index contributed by atoms with van der Waals surface area (Å²) in [5.41, 5.74) is 7.93. The summed E-state index contributed by atoms with van der Waals surface area (Å²) >= 11 is 5.61. The third kappa shape index (κ3) is 2.20. The van der Waals surface area contributed by atoms with Gasteiger partial charge in [0.15, 0.2) is 5.58 Å². The van der Waals surface area contributed by atoms with Crippen LogP contribution in [0, 0.1) is 5.82 Å². The van der Waals surface area contributed by atoms with E-state index in [0.29, 0.717) is 22.5 Å². The molecule has 0 aliphatic carbocycles. The predicted octanol–water partition coefficient (Wildman–Crippen LogP) is 3.95. The van der Waals surface area contributed by atoms with E-state index in [1.54, 1.807) is 24.3 Å². The second kappa shape index (κ2) is 4.44. The Kier molecular flexibility index (Phi) is 2.76. The highest BCUT2D eigenvalue weighted by Crippen LogP contribution is 2.26. The molecule has 0 amide bonds. The van der Waals surface area contributed by atoms with E-state index in [1.165, 1.54) is 12.1 Å². The number of halogens is 2. The molecule has 1 aromatic heterocycles. The summed E-state index contributed by atoms with van der Waals surface area (Å²) in [6.07, 6.45) is 0. The molecule has 6 heteroatoms. The minimum absolute atomic E-state index is 0.0624. The van der Waals surface area contributed by atoms with Crippen molar-refractivity contribution in [2.75, 3.05) is 11.1 Å². The van der Waals surface area contributed by atoms with Crippen molar-refractivity contribution in [3.05, 3.63) is 47.2 Å². The Bertz CT molecular complexity index is 757. The summed E-state index contributed by atoms with van der Waals surface area (Å²) in [5, 5.41) is 2.92. The van der Waals surface area contributed by atoms with Gasteiger partial charge in [-0.25, -0.2) is 4.39 Å². The van der Waals surface area contributed by atoms with Gasteiger partial charge in [-0.05, 0) is 30.3 Å². The van der Waals surface area contributed by atoms with Crippen molar-refractivity contribution >= 4 is 40.1 Å². The molecular weight excluding hydrogens is 269 g/mol. The minimum Gasteiger partial charge on any atom is -0.423 e. The lowest BCUT2D eigenvalue weighted by Gasteiger charge is -2.01. The Balaban J connectivity index is 1.96. The third-order valence-electron chi connectivity index (χ3n) is 2.62. The quantitative estimate of drug-likeness (QED) is 0.696. The van der Waals surface area contributed by atoms with Gasteiger partial charge in [-0.3, -0.25) is 0 Å². The van der Waals surface area contributed by atoms with Crippen molar-refractivity contribution in [1.29, 1.82) is 0 Å². The highest BCUT2D eigenvalue weighted by atomic mass is 35.5. The maximum absolute atomic E-state index is 13.3. The average molecular weight is 278 g/mol. The van der Waals surface area contributed by atoms with Gasteiger partial charge in [-0.1, -0.05) is 17.7 Å². The van der Waals surface area contributed by atoms with Crippen LogP contribution in [0.5, 0.6) is 0 Å². The van der Waals surface area contributed by atoms with Crippen LogP contribution in [-0.4, -0.2) is 4.98 Å². The van der Waals surface area contributed by atoms with Crippen molar-refractivity contribution in [3.63, 3.8) is 0 Å². The average Bonchev–Trinajstić information content (AvgIpc) is 2.78. The number of fused-ring (bicyclic) bond motifs is 1. The molecule has 3 aromatic rings. The standard InChI is InChI=1S/C13H9ClFN3O/c14-8-5-4-7(6-9(8)15)17-13-18-12-10(16)2-1-3-11(12)19-13/h1-6H,16H2,(H,17,18). The summed E-state index contributed by atoms with van der Waals surface area (Å²) in [4.78, 5) is 4.20. The molecule has 0 unspecified atom stereocenters. The van der Waals surface area contributed by atoms with Crippen LogP contribution in [-0.2, 0) is 0 Å². The molecule has 0 radical (unpaired) electrons. The smallest absolute Gasteiger partial charge is 0.300 e. The Morgan fingerprint density at radius 2 is 2.11 bits per heavy atom. The maximum Gasteiger partial charge on any atom is 0.300 e. The fourth-order valence-electron chi connectivity index (χ4n) is 1.72. The van der Waals surface area contributed by atoms with Gasteiger partial charge in [0.2, 0.25) is 0 Å². The van der Waals surface area contributed by atoms with Gasteiger partial charge < -0.3 is 15.5 Å². The third-order valence-corrected chi connectivity index (χ3v) is 2.93. The number of anilines is 3. The first kappa shape index (κ1) is 11.8. The first-order valence-electron chi connectivity index (χ1n) is 5.50. The van der Waals surface area contributed by atoms with Crippen LogP contribution < -0.4 is 11.1 Å². The Labute approximate surface area is 113 Å². The molecule has 0 saturated carbocycles. The molecule has 4 nitrogen and oxygen atoms in total. The Morgan fingerprint density at radius 3 is 2.84 bits per heavy atom. The van der Waals surface area contributed by atoms with E-state index in [2.05, 4.69) is 10.3 Å². The molecule has 96 valence electrons. The van der Waals surface area contributed by atoms with Crippen molar-refractivity contribution in [2.45, 2.75) is 0 Å². The highest BCUT2D eigenvalue weighted by molar-refractivity contribution is 6.30. The second-order valence-corrected chi connectivity index (χ2v) is 4.37. The molecule has 2 aromatic carbocycles. The molecule has 3 rings (SSSR count). The molecular formula is C13H9ClFN3O. The van der Waals surface area contributed by atoms with Crippen molar-refractivity contribution in [3.8, 4) is 0 Å². The van der Waals surface area contributed by atoms with E-state index in [4.69, 9.17) is 21.8 Å². The van der Waals surface area contributed by atoms with Gasteiger partial charge in [-0.2, -0.15) is 4.98 Å². The van der Waals surface area contributed by atoms with Crippen LogP contribution in [0.2, 0.25) is 5.02 Å². The van der Waals surface area contributed by atoms with Crippen LogP contribution in [0.3, 0.4) is 0 Å². The van der Waals surface area contributed by atoms with Crippen molar-refractivity contribution < 1.29 is 8.81 Å². The number of nitrogens with zero attached hydrogens (tertiary/aromatic N) is 1. The lowest BCUT2D eigenvalue weighted by molar-refractivity contribution is 0.620. The zero-order valence-electron chi connectivity index (χ0n) is 9.65. The van der Waals surface area contributed by atoms with Crippen LogP contribution in [0.4, 0.5) is 21.8 Å². The molecule has 3 N–H and O–H groups in total. The monoisotopic (exact) mass is 277 g/mol. The van der Waals surface area contributed by atoms with Gasteiger partial charge in [-0.15, -0.1) is 0 Å². The lowest BCUT2D eigenvalue weighted by Crippen LogP contribution is -1.91. The largest absolute Gasteiger partial charge is 0.423 e. The summed E-state index contributed by atoms with van der Waals surface area (Å²) in [7, 11) is 0. The summed E-state index contributed by atoms with van der Waals surface area (Å²) in [6, 6.07) is 9.85. The minimum atomic E-state index is -0.512. The number of nitrogen functional groups attached to an aromatic ring is 1. The SMILES string of the molecule is Nc1cccc2oc(Nc3ccc(Cl)c(F)c3)nc12. The van der Waals surface area contributed by atoms with E-state index in [-0.39, 0.29) is 11.0 Å². The molecule has 0 atom stereocenters. The first-order valence-corrected chi connectivity index (χ1v) is 5.88. The maximum atomic E-state index is 13.3. The van der Waals surface area contributed by atoms with Gasteiger partial charge in [0.25, 0.3) is 6.01 Å². The number of nitrogens with one attached hydrogen (secondary N) is 1. The molecule has 1 heterocycles. The Morgan fingerprint density at radius 1 is 1.26 bits per heavy atom. The van der Waals surface area contributed by atoms with Crippen LogP contribution >= 0.6 is 11.6 Å². The molecule has 0 aliphatic heterocycles. The highest BCUT2D eigenvalue weighted by Gasteiger charge is 2.09. The normalized spacial score (nSPS) is 10.8. The van der Waals surface area contributed by atoms with E-state index in [0.717, 1.165) is 0 Å². The fourth-order valence-corrected chi connectivity index (χ4v) is 1.84. The summed E-state index contributed by atoms with van der Waals surface area (Å²) in [5.74, 6) is -0.512. The van der Waals surface area contributed by atoms with E-state index < -0.39 is 5.82 Å². The number of hydrogen-bond acceptors (Lipinski definition) is 4. The molecule has 19 heavy (non-hydrogen) atoms.